The van der Waals surface area contributed by atoms with Crippen LogP contribution in [0, 0.1) is 0 Å². The van der Waals surface area contributed by atoms with Crippen LogP contribution in [0.1, 0.15) is 18.4 Å². The second-order valence-corrected chi connectivity index (χ2v) is 7.12. The Morgan fingerprint density at radius 1 is 1.03 bits per heavy atom. The zero-order chi connectivity index (χ0) is 23.7. The normalized spacial score (nSPS) is 12.5. The van der Waals surface area contributed by atoms with E-state index in [9.17, 15) is 24.0 Å². The van der Waals surface area contributed by atoms with Crippen molar-refractivity contribution in [3.8, 4) is 0 Å². The number of carbonyl (C=O) groups is 5. The molecule has 2 aromatic rings. The van der Waals surface area contributed by atoms with E-state index >= 15 is 0 Å². The summed E-state index contributed by atoms with van der Waals surface area (Å²) < 4.78 is 0. The largest absolute Gasteiger partial charge is 0.480 e. The van der Waals surface area contributed by atoms with Crippen molar-refractivity contribution in [1.82, 2.24) is 20.9 Å². The van der Waals surface area contributed by atoms with E-state index in [0.29, 0.717) is 0 Å². The lowest BCUT2D eigenvalue weighted by molar-refractivity contribution is -0.138. The molecule has 2 rings (SSSR count). The number of primary amides is 1. The Balaban J connectivity index is 2.10. The van der Waals surface area contributed by atoms with Crippen LogP contribution >= 0.6 is 0 Å². The summed E-state index contributed by atoms with van der Waals surface area (Å²) in [5, 5.41) is 16.5. The van der Waals surface area contributed by atoms with Gasteiger partial charge in [0.25, 0.3) is 0 Å². The van der Waals surface area contributed by atoms with Crippen molar-refractivity contribution < 1.29 is 29.1 Å². The van der Waals surface area contributed by atoms with Crippen LogP contribution in [0.3, 0.4) is 0 Å². The molecule has 0 spiro atoms. The van der Waals surface area contributed by atoms with Gasteiger partial charge < -0.3 is 37.5 Å². The number of amides is 4. The average Bonchev–Trinajstić information content (AvgIpc) is 3.16. The average molecular weight is 446 g/mol. The van der Waals surface area contributed by atoms with Gasteiger partial charge in [-0.25, -0.2) is 0 Å². The summed E-state index contributed by atoms with van der Waals surface area (Å²) >= 11 is 0. The van der Waals surface area contributed by atoms with Gasteiger partial charge in [0.1, 0.15) is 12.6 Å². The Hall–Kier alpha value is -3.93. The Morgan fingerprint density at radius 3 is 2.44 bits per heavy atom. The maximum absolute atomic E-state index is 12.7. The molecular weight excluding hydrogens is 420 g/mol. The Morgan fingerprint density at radius 2 is 1.75 bits per heavy atom. The minimum absolute atomic E-state index is 0.0141. The summed E-state index contributed by atoms with van der Waals surface area (Å²) in [4.78, 5) is 61.4. The number of aliphatic carboxylic acids is 1. The molecule has 4 amide bonds. The minimum Gasteiger partial charge on any atom is -0.480 e. The third-order valence-electron chi connectivity index (χ3n) is 4.63. The van der Waals surface area contributed by atoms with Crippen LogP contribution in [0.25, 0.3) is 10.9 Å². The predicted molar refractivity (Wildman–Crippen MR) is 114 cm³/mol. The van der Waals surface area contributed by atoms with E-state index in [1.54, 1.807) is 6.20 Å². The van der Waals surface area contributed by atoms with Crippen LogP contribution in [0.15, 0.2) is 30.5 Å². The van der Waals surface area contributed by atoms with E-state index in [-0.39, 0.29) is 19.3 Å². The summed E-state index contributed by atoms with van der Waals surface area (Å²) in [6, 6.07) is 5.27. The number of hydrogen-bond donors (Lipinski definition) is 7. The first kappa shape index (κ1) is 24.3. The Kier molecular flexibility index (Phi) is 8.72. The van der Waals surface area contributed by atoms with E-state index in [0.717, 1.165) is 16.5 Å². The molecule has 0 radical (unpaired) electrons. The molecule has 1 heterocycles. The van der Waals surface area contributed by atoms with Gasteiger partial charge in [-0.3, -0.25) is 24.0 Å². The molecule has 0 saturated carbocycles. The molecule has 12 nitrogen and oxygen atoms in total. The molecule has 9 N–H and O–H groups in total. The molecule has 0 saturated heterocycles. The molecule has 12 heteroatoms. The number of para-hydroxylation sites is 1. The summed E-state index contributed by atoms with van der Waals surface area (Å²) in [6.07, 6.45) is 1.74. The number of benzene rings is 1. The maximum Gasteiger partial charge on any atom is 0.322 e. The fourth-order valence-corrected chi connectivity index (χ4v) is 2.96. The van der Waals surface area contributed by atoms with Crippen molar-refractivity contribution in [2.45, 2.75) is 31.3 Å². The molecule has 0 aliphatic heterocycles. The van der Waals surface area contributed by atoms with Crippen molar-refractivity contribution in [3.63, 3.8) is 0 Å². The first-order valence-corrected chi connectivity index (χ1v) is 9.82. The van der Waals surface area contributed by atoms with E-state index in [4.69, 9.17) is 16.6 Å². The number of carboxylic acids is 1. The highest BCUT2D eigenvalue weighted by atomic mass is 16.4. The standard InChI is InChI=1S/C20H26N6O6/c21-13(5-6-16(22)27)19(31)26-15(20(32)25-9-17(28)24-10-18(29)30)7-11-8-23-14-4-2-1-3-12(11)14/h1-4,8,13,15,23H,5-7,9-10,21H2,(H2,22,27)(H,24,28)(H,25,32)(H,26,31)(H,29,30). The molecule has 2 atom stereocenters. The van der Waals surface area contributed by atoms with Gasteiger partial charge in [-0.1, -0.05) is 18.2 Å². The second kappa shape index (κ2) is 11.5. The van der Waals surface area contributed by atoms with Gasteiger partial charge in [0, 0.05) is 29.9 Å². The molecule has 0 fully saturated rings. The number of carboxylic acid groups (broad SMARTS) is 1. The minimum atomic E-state index is -1.22. The molecule has 2 unspecified atom stereocenters. The number of H-pyrrole nitrogens is 1. The van der Waals surface area contributed by atoms with Gasteiger partial charge in [-0.15, -0.1) is 0 Å². The smallest absolute Gasteiger partial charge is 0.322 e. The lowest BCUT2D eigenvalue weighted by Crippen LogP contribution is -2.53. The molecule has 1 aromatic carbocycles. The molecule has 32 heavy (non-hydrogen) atoms. The zero-order valence-corrected chi connectivity index (χ0v) is 17.2. The van der Waals surface area contributed by atoms with Crippen LogP contribution in [0.2, 0.25) is 0 Å². The summed E-state index contributed by atoms with van der Waals surface area (Å²) in [5.74, 6) is -3.83. The number of rotatable bonds is 12. The molecule has 172 valence electrons. The molecule has 0 aliphatic rings. The lowest BCUT2D eigenvalue weighted by Gasteiger charge is -2.20. The first-order valence-electron chi connectivity index (χ1n) is 9.82. The number of aromatic nitrogens is 1. The van der Waals surface area contributed by atoms with Gasteiger partial charge in [0.05, 0.1) is 12.6 Å². The highest BCUT2D eigenvalue weighted by Gasteiger charge is 2.25. The SMILES string of the molecule is NC(=O)CCC(N)C(=O)NC(Cc1c[nH]c2ccccc12)C(=O)NCC(=O)NCC(=O)O. The third kappa shape index (κ3) is 7.40. The fourth-order valence-electron chi connectivity index (χ4n) is 2.96. The molecule has 0 aliphatic carbocycles. The number of fused-ring (bicyclic) bond motifs is 1. The summed E-state index contributed by atoms with van der Waals surface area (Å²) in [6.45, 7) is -1.06. The van der Waals surface area contributed by atoms with Crippen molar-refractivity contribution in [2.75, 3.05) is 13.1 Å². The number of nitrogens with one attached hydrogen (secondary N) is 4. The first-order chi connectivity index (χ1) is 15.2. The quantitative estimate of drug-likeness (QED) is 0.197. The van der Waals surface area contributed by atoms with Gasteiger partial charge in [-0.05, 0) is 18.1 Å². The lowest BCUT2D eigenvalue weighted by atomic mass is 10.0. The topological polar surface area (TPSA) is 209 Å². The van der Waals surface area contributed by atoms with Gasteiger partial charge in [0.15, 0.2) is 0 Å². The van der Waals surface area contributed by atoms with Crippen LogP contribution in [-0.2, 0) is 30.4 Å². The monoisotopic (exact) mass is 446 g/mol. The number of carbonyl (C=O) groups excluding carboxylic acids is 4. The number of aromatic amines is 1. The maximum atomic E-state index is 12.7. The zero-order valence-electron chi connectivity index (χ0n) is 17.2. The van der Waals surface area contributed by atoms with Gasteiger partial charge in [-0.2, -0.15) is 0 Å². The number of nitrogens with two attached hydrogens (primary N) is 2. The van der Waals surface area contributed by atoms with Crippen molar-refractivity contribution in [2.24, 2.45) is 11.5 Å². The van der Waals surface area contributed by atoms with E-state index in [2.05, 4.69) is 20.9 Å². The summed E-state index contributed by atoms with van der Waals surface area (Å²) in [5.41, 5.74) is 12.5. The van der Waals surface area contributed by atoms with Crippen molar-refractivity contribution in [1.29, 1.82) is 0 Å². The van der Waals surface area contributed by atoms with E-state index in [1.165, 1.54) is 0 Å². The third-order valence-corrected chi connectivity index (χ3v) is 4.63. The van der Waals surface area contributed by atoms with Gasteiger partial charge in [0.2, 0.25) is 23.6 Å². The van der Waals surface area contributed by atoms with Crippen molar-refractivity contribution >= 4 is 40.5 Å². The van der Waals surface area contributed by atoms with Crippen LogP contribution in [0.5, 0.6) is 0 Å². The molecule has 1 aromatic heterocycles. The predicted octanol–water partition coefficient (Wildman–Crippen LogP) is -1.89. The summed E-state index contributed by atoms with van der Waals surface area (Å²) in [7, 11) is 0. The Labute approximate surface area is 183 Å². The van der Waals surface area contributed by atoms with Crippen LogP contribution < -0.4 is 27.4 Å². The molecular formula is C20H26N6O6. The van der Waals surface area contributed by atoms with E-state index < -0.39 is 54.8 Å². The van der Waals surface area contributed by atoms with Gasteiger partial charge >= 0.3 is 5.97 Å². The highest BCUT2D eigenvalue weighted by Crippen LogP contribution is 2.19. The van der Waals surface area contributed by atoms with Crippen molar-refractivity contribution in [3.05, 3.63) is 36.0 Å². The highest BCUT2D eigenvalue weighted by molar-refractivity contribution is 5.93. The fraction of sp³-hybridized carbons (Fsp3) is 0.350. The van der Waals surface area contributed by atoms with Crippen LogP contribution in [-0.4, -0.2) is 64.9 Å². The second-order valence-electron chi connectivity index (χ2n) is 7.12. The van der Waals surface area contributed by atoms with E-state index in [1.807, 2.05) is 24.3 Å². The van der Waals surface area contributed by atoms with Crippen LogP contribution in [0.4, 0.5) is 0 Å². The molecule has 0 bridgehead atoms. The number of hydrogen-bond acceptors (Lipinski definition) is 6. The Bertz CT molecular complexity index is 1000.